The van der Waals surface area contributed by atoms with Crippen LogP contribution in [0, 0.1) is 22.0 Å². The molecular weight excluding hydrogens is 352 g/mol. The fourth-order valence-electron chi connectivity index (χ4n) is 3.31. The number of ether oxygens (including phenoxy) is 2. The van der Waals surface area contributed by atoms with E-state index in [1.807, 2.05) is 0 Å². The van der Waals surface area contributed by atoms with Gasteiger partial charge in [0.2, 0.25) is 0 Å². The predicted octanol–water partition coefficient (Wildman–Crippen LogP) is 3.09. The molecule has 1 aromatic carbocycles. The molecule has 27 heavy (non-hydrogen) atoms. The van der Waals surface area contributed by atoms with Crippen LogP contribution in [0.1, 0.15) is 50.4 Å². The Morgan fingerprint density at radius 3 is 2.70 bits per heavy atom. The van der Waals surface area contributed by atoms with Crippen molar-refractivity contribution in [1.82, 2.24) is 5.32 Å². The quantitative estimate of drug-likeness (QED) is 0.444. The van der Waals surface area contributed by atoms with Crippen LogP contribution in [-0.2, 0) is 9.53 Å². The van der Waals surface area contributed by atoms with E-state index in [-0.39, 0.29) is 35.6 Å². The first-order valence-electron chi connectivity index (χ1n) is 9.21. The Morgan fingerprint density at radius 1 is 1.30 bits per heavy atom. The number of nitro benzene ring substituents is 1. The van der Waals surface area contributed by atoms with E-state index in [0.29, 0.717) is 11.8 Å². The second-order valence-corrected chi connectivity index (χ2v) is 6.89. The highest BCUT2D eigenvalue weighted by atomic mass is 16.6. The largest absolute Gasteiger partial charge is 0.487 e. The molecule has 1 amide bonds. The van der Waals surface area contributed by atoms with Crippen LogP contribution in [0.2, 0.25) is 0 Å². The summed E-state index contributed by atoms with van der Waals surface area (Å²) < 4.78 is 10.2. The van der Waals surface area contributed by atoms with E-state index in [0.717, 1.165) is 25.3 Å². The van der Waals surface area contributed by atoms with Crippen LogP contribution < -0.4 is 10.1 Å². The van der Waals surface area contributed by atoms with Crippen LogP contribution >= 0.6 is 0 Å². The lowest BCUT2D eigenvalue weighted by Crippen LogP contribution is -2.45. The molecular formula is C19H26N2O6. The molecule has 1 aliphatic rings. The van der Waals surface area contributed by atoms with Gasteiger partial charge in [-0.1, -0.05) is 26.7 Å². The third-order valence-electron chi connectivity index (χ3n) is 5.08. The summed E-state index contributed by atoms with van der Waals surface area (Å²) in [6, 6.07) is 3.90. The monoisotopic (exact) mass is 378 g/mol. The topological polar surface area (TPSA) is 108 Å². The Hall–Kier alpha value is -2.64. The Morgan fingerprint density at radius 2 is 2.04 bits per heavy atom. The van der Waals surface area contributed by atoms with Gasteiger partial charge in [0.25, 0.3) is 5.91 Å². The third kappa shape index (κ3) is 5.42. The molecule has 1 fully saturated rings. The lowest BCUT2D eigenvalue weighted by Gasteiger charge is -2.34. The molecule has 1 saturated carbocycles. The Bertz CT molecular complexity index is 705. The van der Waals surface area contributed by atoms with Gasteiger partial charge in [0.05, 0.1) is 17.1 Å². The summed E-state index contributed by atoms with van der Waals surface area (Å²) in [5.41, 5.74) is -0.321. The van der Waals surface area contributed by atoms with Crippen LogP contribution in [0.15, 0.2) is 18.2 Å². The summed E-state index contributed by atoms with van der Waals surface area (Å²) in [5, 5.41) is 14.0. The van der Waals surface area contributed by atoms with Crippen molar-refractivity contribution in [2.24, 2.45) is 11.8 Å². The molecule has 0 aromatic heterocycles. The van der Waals surface area contributed by atoms with Crippen molar-refractivity contribution in [3.8, 4) is 5.75 Å². The number of nitro groups is 1. The average Bonchev–Trinajstić information content (AvgIpc) is 2.64. The van der Waals surface area contributed by atoms with Crippen LogP contribution in [0.4, 0.5) is 5.69 Å². The van der Waals surface area contributed by atoms with E-state index in [4.69, 9.17) is 9.47 Å². The van der Waals surface area contributed by atoms with E-state index >= 15 is 0 Å². The molecule has 3 atom stereocenters. The fraction of sp³-hybridized carbons (Fsp3) is 0.579. The number of rotatable bonds is 7. The first kappa shape index (κ1) is 20.7. The minimum Gasteiger partial charge on any atom is -0.487 e. The van der Waals surface area contributed by atoms with Gasteiger partial charge in [-0.15, -0.1) is 0 Å². The Kier molecular flexibility index (Phi) is 7.15. The van der Waals surface area contributed by atoms with Gasteiger partial charge in [-0.3, -0.25) is 14.9 Å². The molecule has 8 nitrogen and oxygen atoms in total. The number of hydrogen-bond donors (Lipinski definition) is 1. The van der Waals surface area contributed by atoms with Gasteiger partial charge < -0.3 is 14.8 Å². The van der Waals surface area contributed by atoms with Crippen LogP contribution in [0.5, 0.6) is 5.75 Å². The number of amides is 1. The normalized spacial score (nSPS) is 22.0. The van der Waals surface area contributed by atoms with E-state index in [1.165, 1.54) is 12.1 Å². The summed E-state index contributed by atoms with van der Waals surface area (Å²) >= 11 is 0. The predicted molar refractivity (Wildman–Crippen MR) is 98.7 cm³/mol. The van der Waals surface area contributed by atoms with Gasteiger partial charge in [-0.25, -0.2) is 4.79 Å². The van der Waals surface area contributed by atoms with Crippen molar-refractivity contribution in [3.05, 3.63) is 33.9 Å². The minimum atomic E-state index is -0.790. The van der Waals surface area contributed by atoms with Crippen molar-refractivity contribution >= 4 is 17.6 Å². The summed E-state index contributed by atoms with van der Waals surface area (Å²) in [5.74, 6) is -0.170. The maximum atomic E-state index is 12.1. The lowest BCUT2D eigenvalue weighted by atomic mass is 9.78. The molecule has 8 heteroatoms. The van der Waals surface area contributed by atoms with E-state index in [2.05, 4.69) is 19.2 Å². The zero-order valence-electron chi connectivity index (χ0n) is 15.9. The van der Waals surface area contributed by atoms with Crippen molar-refractivity contribution < 1.29 is 24.0 Å². The van der Waals surface area contributed by atoms with Crippen molar-refractivity contribution in [1.29, 1.82) is 0 Å². The highest BCUT2D eigenvalue weighted by Crippen LogP contribution is 2.30. The number of esters is 1. The smallest absolute Gasteiger partial charge is 0.338 e. The number of nitrogens with zero attached hydrogens (tertiary/aromatic N) is 1. The van der Waals surface area contributed by atoms with Crippen molar-refractivity contribution in [2.75, 3.05) is 13.2 Å². The van der Waals surface area contributed by atoms with E-state index in [1.54, 1.807) is 6.92 Å². The molecule has 1 aromatic rings. The maximum absolute atomic E-state index is 12.1. The van der Waals surface area contributed by atoms with E-state index in [9.17, 15) is 19.7 Å². The number of hydrogen-bond acceptors (Lipinski definition) is 6. The molecule has 0 aliphatic heterocycles. The summed E-state index contributed by atoms with van der Waals surface area (Å²) in [7, 11) is 0. The van der Waals surface area contributed by atoms with Crippen LogP contribution in [0.25, 0.3) is 0 Å². The maximum Gasteiger partial charge on any atom is 0.338 e. The second kappa shape index (κ2) is 9.34. The van der Waals surface area contributed by atoms with Crippen LogP contribution in [-0.4, -0.2) is 36.1 Å². The molecule has 1 N–H and O–H groups in total. The zero-order valence-corrected chi connectivity index (χ0v) is 15.9. The SMILES string of the molecule is CCOc1ccc(C(=O)OCC(=O)N[C@@H]2CCC[C@@H](C)[C@@H]2C)cc1[N+](=O)[O-]. The highest BCUT2D eigenvalue weighted by molar-refractivity contribution is 5.92. The molecule has 2 rings (SSSR count). The fourth-order valence-corrected chi connectivity index (χ4v) is 3.31. The van der Waals surface area contributed by atoms with Gasteiger partial charge >= 0.3 is 11.7 Å². The summed E-state index contributed by atoms with van der Waals surface area (Å²) in [6.07, 6.45) is 3.13. The Balaban J connectivity index is 1.94. The molecule has 0 bridgehead atoms. The second-order valence-electron chi connectivity index (χ2n) is 6.89. The molecule has 0 spiro atoms. The lowest BCUT2D eigenvalue weighted by molar-refractivity contribution is -0.385. The summed E-state index contributed by atoms with van der Waals surface area (Å²) in [4.78, 5) is 34.7. The minimum absolute atomic E-state index is 0.00221. The van der Waals surface area contributed by atoms with Crippen LogP contribution in [0.3, 0.4) is 0 Å². The number of nitrogens with one attached hydrogen (secondary N) is 1. The van der Waals surface area contributed by atoms with Crippen molar-refractivity contribution in [2.45, 2.75) is 46.1 Å². The highest BCUT2D eigenvalue weighted by Gasteiger charge is 2.28. The molecule has 148 valence electrons. The van der Waals surface area contributed by atoms with Gasteiger partial charge in [0.15, 0.2) is 12.4 Å². The number of carbonyl (C=O) groups is 2. The molecule has 1 aliphatic carbocycles. The van der Waals surface area contributed by atoms with Crippen molar-refractivity contribution in [3.63, 3.8) is 0 Å². The number of benzene rings is 1. The van der Waals surface area contributed by atoms with Gasteiger partial charge in [0, 0.05) is 12.1 Å². The molecule has 0 radical (unpaired) electrons. The first-order valence-corrected chi connectivity index (χ1v) is 9.21. The van der Waals surface area contributed by atoms with E-state index < -0.39 is 17.5 Å². The van der Waals surface area contributed by atoms with Gasteiger partial charge in [-0.05, 0) is 37.3 Å². The molecule has 0 unspecified atom stereocenters. The van der Waals surface area contributed by atoms with Gasteiger partial charge in [0.1, 0.15) is 0 Å². The Labute approximate surface area is 158 Å². The standard InChI is InChI=1S/C19H26N2O6/c1-4-26-17-9-8-14(10-16(17)21(24)25)19(23)27-11-18(22)20-15-7-5-6-12(2)13(15)3/h8-10,12-13,15H,4-7,11H2,1-3H3,(H,20,22)/t12-,13+,15-/m1/s1. The average molecular weight is 378 g/mol. The first-order chi connectivity index (χ1) is 12.8. The third-order valence-corrected chi connectivity index (χ3v) is 5.08. The number of carbonyl (C=O) groups excluding carboxylic acids is 2. The summed E-state index contributed by atoms with van der Waals surface area (Å²) in [6.45, 7) is 5.83. The zero-order chi connectivity index (χ0) is 20.0. The van der Waals surface area contributed by atoms with Gasteiger partial charge in [-0.2, -0.15) is 0 Å². The molecule has 0 saturated heterocycles. The molecule has 0 heterocycles.